The van der Waals surface area contributed by atoms with Gasteiger partial charge in [0.1, 0.15) is 17.2 Å². The summed E-state index contributed by atoms with van der Waals surface area (Å²) in [4.78, 5) is 2.12. The number of hydrogen-bond donors (Lipinski definition) is 2. The van der Waals surface area contributed by atoms with E-state index >= 15 is 0 Å². The molecule has 0 radical (unpaired) electrons. The topological polar surface area (TPSA) is 99.9 Å². The molecule has 1 aliphatic rings. The van der Waals surface area contributed by atoms with Crippen molar-refractivity contribution in [3.8, 4) is 17.2 Å². The van der Waals surface area contributed by atoms with Crippen molar-refractivity contribution in [1.29, 1.82) is 0 Å². The van der Waals surface area contributed by atoms with Crippen molar-refractivity contribution in [2.75, 3.05) is 38.9 Å². The zero-order chi connectivity index (χ0) is 24.3. The summed E-state index contributed by atoms with van der Waals surface area (Å²) in [5, 5.41) is 3.36. The fourth-order valence-electron chi connectivity index (χ4n) is 3.74. The van der Waals surface area contributed by atoms with Crippen LogP contribution in [0.25, 0.3) is 6.08 Å². The van der Waals surface area contributed by atoms with E-state index in [1.807, 2.05) is 24.3 Å². The summed E-state index contributed by atoms with van der Waals surface area (Å²) < 4.78 is 42.6. The second kappa shape index (κ2) is 9.90. The SMILES string of the molecule is COc1ccc(C=C2CNc3ccc(S(=O)(=O)Cc4c(OC)cccc4OC)cc3S2)cc1N. The Hall–Kier alpha value is -3.30. The van der Waals surface area contributed by atoms with Crippen LogP contribution in [0.1, 0.15) is 11.1 Å². The van der Waals surface area contributed by atoms with Crippen LogP contribution in [0.5, 0.6) is 17.2 Å². The molecule has 1 heterocycles. The number of ether oxygens (including phenoxy) is 3. The monoisotopic (exact) mass is 498 g/mol. The number of anilines is 2. The van der Waals surface area contributed by atoms with E-state index < -0.39 is 9.84 Å². The lowest BCUT2D eigenvalue weighted by Gasteiger charge is -2.21. The molecular formula is C25H26N2O5S2. The maximum Gasteiger partial charge on any atom is 0.182 e. The van der Waals surface area contributed by atoms with Crippen LogP contribution in [0.4, 0.5) is 11.4 Å². The molecular weight excluding hydrogens is 472 g/mol. The summed E-state index contributed by atoms with van der Waals surface area (Å²) in [5.41, 5.74) is 8.92. The van der Waals surface area contributed by atoms with Crippen LogP contribution in [0.15, 0.2) is 69.3 Å². The maximum atomic E-state index is 13.3. The van der Waals surface area contributed by atoms with Gasteiger partial charge in [-0.25, -0.2) is 8.42 Å². The highest BCUT2D eigenvalue weighted by atomic mass is 32.2. The molecule has 0 saturated carbocycles. The molecule has 7 nitrogen and oxygen atoms in total. The van der Waals surface area contributed by atoms with E-state index in [2.05, 4.69) is 5.32 Å². The first kappa shape index (κ1) is 23.8. The molecule has 3 N–H and O–H groups in total. The van der Waals surface area contributed by atoms with Gasteiger partial charge in [0, 0.05) is 22.0 Å². The van der Waals surface area contributed by atoms with Crippen molar-refractivity contribution in [2.45, 2.75) is 15.5 Å². The lowest BCUT2D eigenvalue weighted by molar-refractivity contribution is 0.387. The molecule has 0 bridgehead atoms. The van der Waals surface area contributed by atoms with E-state index in [-0.39, 0.29) is 10.6 Å². The van der Waals surface area contributed by atoms with Gasteiger partial charge in [0.05, 0.1) is 43.2 Å². The number of rotatable bonds is 7. The number of nitrogens with one attached hydrogen (secondary N) is 1. The molecule has 0 spiro atoms. The molecule has 0 amide bonds. The Labute approximate surface area is 203 Å². The van der Waals surface area contributed by atoms with Gasteiger partial charge in [-0.1, -0.05) is 23.9 Å². The van der Waals surface area contributed by atoms with E-state index in [1.54, 1.807) is 43.5 Å². The molecule has 0 saturated heterocycles. The van der Waals surface area contributed by atoms with Gasteiger partial charge < -0.3 is 25.3 Å². The van der Waals surface area contributed by atoms with Crippen molar-refractivity contribution in [2.24, 2.45) is 0 Å². The second-order valence-corrected chi connectivity index (χ2v) is 10.8. The molecule has 3 aromatic carbocycles. The van der Waals surface area contributed by atoms with E-state index in [0.717, 1.165) is 21.1 Å². The van der Waals surface area contributed by atoms with Crippen LogP contribution in [0.3, 0.4) is 0 Å². The molecule has 0 fully saturated rings. The van der Waals surface area contributed by atoms with E-state index in [0.29, 0.717) is 35.0 Å². The fourth-order valence-corrected chi connectivity index (χ4v) is 6.28. The first-order chi connectivity index (χ1) is 16.3. The van der Waals surface area contributed by atoms with Gasteiger partial charge >= 0.3 is 0 Å². The second-order valence-electron chi connectivity index (χ2n) is 7.63. The molecule has 3 aromatic rings. The van der Waals surface area contributed by atoms with Gasteiger partial charge in [0.15, 0.2) is 9.84 Å². The van der Waals surface area contributed by atoms with Crippen LogP contribution in [-0.2, 0) is 15.6 Å². The molecule has 0 aromatic heterocycles. The predicted molar refractivity (Wildman–Crippen MR) is 137 cm³/mol. The molecule has 9 heteroatoms. The molecule has 4 rings (SSSR count). The number of sulfone groups is 1. The summed E-state index contributed by atoms with van der Waals surface area (Å²) in [7, 11) is 0.949. The third kappa shape index (κ3) is 4.95. The standard InChI is InChI=1S/C25H26N2O5S2/c1-30-22-5-4-6-23(31-2)19(22)15-34(28,29)18-8-9-21-25(13-18)33-17(14-27-21)11-16-7-10-24(32-3)20(26)12-16/h4-13,27H,14-15,26H2,1-3H3. The Morgan fingerprint density at radius 2 is 1.68 bits per heavy atom. The smallest absolute Gasteiger partial charge is 0.182 e. The van der Waals surface area contributed by atoms with Gasteiger partial charge in [-0.2, -0.15) is 0 Å². The minimum Gasteiger partial charge on any atom is -0.496 e. The molecule has 34 heavy (non-hydrogen) atoms. The van der Waals surface area contributed by atoms with Crippen molar-refractivity contribution in [3.63, 3.8) is 0 Å². The normalized spacial score (nSPS) is 14.3. The molecule has 0 unspecified atom stereocenters. The lowest BCUT2D eigenvalue weighted by Crippen LogP contribution is -2.11. The Morgan fingerprint density at radius 3 is 2.32 bits per heavy atom. The Bertz CT molecular complexity index is 1330. The first-order valence-corrected chi connectivity index (χ1v) is 12.9. The van der Waals surface area contributed by atoms with E-state index in [1.165, 1.54) is 26.0 Å². The van der Waals surface area contributed by atoms with Crippen LogP contribution < -0.4 is 25.3 Å². The van der Waals surface area contributed by atoms with E-state index in [9.17, 15) is 8.42 Å². The zero-order valence-electron chi connectivity index (χ0n) is 19.1. The molecule has 178 valence electrons. The van der Waals surface area contributed by atoms with Gasteiger partial charge in [0.2, 0.25) is 0 Å². The summed E-state index contributed by atoms with van der Waals surface area (Å²) in [5.74, 6) is 1.34. The van der Waals surface area contributed by atoms with Crippen molar-refractivity contribution >= 4 is 39.0 Å². The summed E-state index contributed by atoms with van der Waals surface area (Å²) in [6.07, 6.45) is 2.03. The van der Waals surface area contributed by atoms with Crippen molar-refractivity contribution in [1.82, 2.24) is 0 Å². The number of fused-ring (bicyclic) bond motifs is 1. The zero-order valence-corrected chi connectivity index (χ0v) is 20.8. The summed E-state index contributed by atoms with van der Waals surface area (Å²) >= 11 is 1.53. The van der Waals surface area contributed by atoms with Crippen LogP contribution in [-0.4, -0.2) is 36.3 Å². The van der Waals surface area contributed by atoms with Crippen LogP contribution >= 0.6 is 11.8 Å². The van der Waals surface area contributed by atoms with Gasteiger partial charge in [-0.05, 0) is 54.1 Å². The summed E-state index contributed by atoms with van der Waals surface area (Å²) in [6.45, 7) is 0.633. The molecule has 0 atom stereocenters. The third-order valence-corrected chi connectivity index (χ3v) is 8.17. The number of methoxy groups -OCH3 is 3. The number of nitrogens with two attached hydrogens (primary N) is 1. The minimum absolute atomic E-state index is 0.231. The van der Waals surface area contributed by atoms with Gasteiger partial charge in [0.25, 0.3) is 0 Å². The number of hydrogen-bond acceptors (Lipinski definition) is 8. The Kier molecular flexibility index (Phi) is 6.95. The predicted octanol–water partition coefficient (Wildman–Crippen LogP) is 4.83. The highest BCUT2D eigenvalue weighted by molar-refractivity contribution is 8.03. The maximum absolute atomic E-state index is 13.3. The number of nitrogen functional groups attached to an aromatic ring is 1. The molecule has 1 aliphatic heterocycles. The van der Waals surface area contributed by atoms with Crippen molar-refractivity contribution < 1.29 is 22.6 Å². The minimum atomic E-state index is -3.65. The highest BCUT2D eigenvalue weighted by Crippen LogP contribution is 2.40. The number of thioether (sulfide) groups is 1. The van der Waals surface area contributed by atoms with Crippen LogP contribution in [0.2, 0.25) is 0 Å². The quantitative estimate of drug-likeness (QED) is 0.447. The fraction of sp³-hybridized carbons (Fsp3) is 0.200. The van der Waals surface area contributed by atoms with Crippen LogP contribution in [0, 0.1) is 0 Å². The van der Waals surface area contributed by atoms with Crippen molar-refractivity contribution in [3.05, 3.63) is 70.6 Å². The average molecular weight is 499 g/mol. The van der Waals surface area contributed by atoms with Gasteiger partial charge in [-0.15, -0.1) is 0 Å². The van der Waals surface area contributed by atoms with Gasteiger partial charge in [-0.3, -0.25) is 0 Å². The third-order valence-electron chi connectivity index (χ3n) is 5.45. The van der Waals surface area contributed by atoms with E-state index in [4.69, 9.17) is 19.9 Å². The molecule has 0 aliphatic carbocycles. The summed E-state index contributed by atoms with van der Waals surface area (Å²) in [6, 6.07) is 16.0. The Morgan fingerprint density at radius 1 is 0.971 bits per heavy atom. The largest absolute Gasteiger partial charge is 0.496 e. The first-order valence-electron chi connectivity index (χ1n) is 10.5. The average Bonchev–Trinajstić information content (AvgIpc) is 2.83. The lowest BCUT2D eigenvalue weighted by atomic mass is 10.1. The Balaban J connectivity index is 1.61. The number of benzene rings is 3. The highest BCUT2D eigenvalue weighted by Gasteiger charge is 2.23.